The number of oxazole rings is 1. The number of hydrogen-bond donors (Lipinski definition) is 1. The molecular weight excluding hydrogens is 263 g/mol. The zero-order valence-corrected chi connectivity index (χ0v) is 12.1. The Kier molecular flexibility index (Phi) is 3.85. The molecule has 5 heteroatoms. The summed E-state index contributed by atoms with van der Waals surface area (Å²) in [5, 5.41) is 0. The molecule has 1 heterocycles. The summed E-state index contributed by atoms with van der Waals surface area (Å²) >= 11 is 1.35. The van der Waals surface area contributed by atoms with Crippen molar-refractivity contribution >= 4 is 17.4 Å². The lowest BCUT2D eigenvalue weighted by molar-refractivity contribution is 0.391. The van der Waals surface area contributed by atoms with E-state index >= 15 is 0 Å². The molecule has 2 rings (SSSR count). The normalized spacial score (nSPS) is 11.8. The molecule has 0 aliphatic carbocycles. The number of nitrogens with zero attached hydrogens (tertiary/aromatic N) is 1. The Bertz CT molecular complexity index is 575. The SMILES string of the molecule is CC(C)(C)c1cnc(CSc2ccc(N)cc2F)o1. The summed E-state index contributed by atoms with van der Waals surface area (Å²) < 4.78 is 19.3. The lowest BCUT2D eigenvalue weighted by atomic mass is 9.94. The monoisotopic (exact) mass is 280 g/mol. The highest BCUT2D eigenvalue weighted by Gasteiger charge is 2.19. The fourth-order valence-electron chi connectivity index (χ4n) is 1.50. The molecule has 0 radical (unpaired) electrons. The largest absolute Gasteiger partial charge is 0.444 e. The second-order valence-corrected chi connectivity index (χ2v) is 6.36. The Morgan fingerprint density at radius 3 is 2.68 bits per heavy atom. The zero-order chi connectivity index (χ0) is 14.0. The highest BCUT2D eigenvalue weighted by Crippen LogP contribution is 2.28. The number of thioether (sulfide) groups is 1. The van der Waals surface area contributed by atoms with E-state index in [0.29, 0.717) is 22.2 Å². The van der Waals surface area contributed by atoms with Crippen molar-refractivity contribution in [1.82, 2.24) is 4.98 Å². The maximum Gasteiger partial charge on any atom is 0.204 e. The van der Waals surface area contributed by atoms with Crippen LogP contribution >= 0.6 is 11.8 Å². The molecule has 0 fully saturated rings. The molecule has 0 aliphatic rings. The number of halogens is 1. The Morgan fingerprint density at radius 1 is 1.37 bits per heavy atom. The van der Waals surface area contributed by atoms with Gasteiger partial charge in [-0.25, -0.2) is 9.37 Å². The lowest BCUT2D eigenvalue weighted by Crippen LogP contribution is -2.09. The molecule has 0 bridgehead atoms. The van der Waals surface area contributed by atoms with Crippen LogP contribution in [0.25, 0.3) is 0 Å². The van der Waals surface area contributed by atoms with Crippen LogP contribution in [0.4, 0.5) is 10.1 Å². The Morgan fingerprint density at radius 2 is 2.11 bits per heavy atom. The third kappa shape index (κ3) is 3.50. The fourth-order valence-corrected chi connectivity index (χ4v) is 2.27. The maximum atomic E-state index is 13.6. The number of benzene rings is 1. The van der Waals surface area contributed by atoms with Crippen LogP contribution in [0.15, 0.2) is 33.7 Å². The fraction of sp³-hybridized carbons (Fsp3) is 0.357. The van der Waals surface area contributed by atoms with Gasteiger partial charge in [-0.2, -0.15) is 0 Å². The molecule has 0 unspecified atom stereocenters. The van der Waals surface area contributed by atoms with E-state index in [1.54, 1.807) is 18.3 Å². The first-order chi connectivity index (χ1) is 8.86. The van der Waals surface area contributed by atoms with Gasteiger partial charge in [0, 0.05) is 16.0 Å². The average Bonchev–Trinajstić information content (AvgIpc) is 2.76. The van der Waals surface area contributed by atoms with Gasteiger partial charge in [-0.3, -0.25) is 0 Å². The van der Waals surface area contributed by atoms with Gasteiger partial charge in [-0.05, 0) is 18.2 Å². The van der Waals surface area contributed by atoms with Crippen molar-refractivity contribution in [2.75, 3.05) is 5.73 Å². The summed E-state index contributed by atoms with van der Waals surface area (Å²) in [5.74, 6) is 1.62. The minimum Gasteiger partial charge on any atom is -0.444 e. The van der Waals surface area contributed by atoms with E-state index in [2.05, 4.69) is 25.8 Å². The number of anilines is 1. The first kappa shape index (κ1) is 13.9. The first-order valence-corrected chi connectivity index (χ1v) is 6.98. The minimum atomic E-state index is -0.312. The van der Waals surface area contributed by atoms with Crippen LogP contribution in [0, 0.1) is 5.82 Å². The highest BCUT2D eigenvalue weighted by molar-refractivity contribution is 7.98. The second-order valence-electron chi connectivity index (χ2n) is 5.35. The quantitative estimate of drug-likeness (QED) is 0.682. The molecule has 19 heavy (non-hydrogen) atoms. The Labute approximate surface area is 116 Å². The third-order valence-electron chi connectivity index (χ3n) is 2.60. The van der Waals surface area contributed by atoms with E-state index < -0.39 is 0 Å². The summed E-state index contributed by atoms with van der Waals surface area (Å²) in [5.41, 5.74) is 5.86. The first-order valence-electron chi connectivity index (χ1n) is 5.99. The summed E-state index contributed by atoms with van der Waals surface area (Å²) in [6.07, 6.45) is 1.73. The van der Waals surface area contributed by atoms with E-state index in [4.69, 9.17) is 10.2 Å². The lowest BCUT2D eigenvalue weighted by Gasteiger charge is -2.13. The standard InChI is InChI=1S/C14H17FN2OS/c1-14(2,3)12-7-17-13(18-12)8-19-11-5-4-9(16)6-10(11)15/h4-7H,8,16H2,1-3H3. The summed E-state index contributed by atoms with van der Waals surface area (Å²) in [7, 11) is 0. The van der Waals surface area contributed by atoms with Gasteiger partial charge in [0.25, 0.3) is 0 Å². The molecule has 0 aliphatic heterocycles. The van der Waals surface area contributed by atoms with Crippen LogP contribution in [0.3, 0.4) is 0 Å². The summed E-state index contributed by atoms with van der Waals surface area (Å²) in [4.78, 5) is 4.76. The topological polar surface area (TPSA) is 52.0 Å². The smallest absolute Gasteiger partial charge is 0.204 e. The van der Waals surface area contributed by atoms with E-state index in [0.717, 1.165) is 5.76 Å². The van der Waals surface area contributed by atoms with Crippen molar-refractivity contribution in [1.29, 1.82) is 0 Å². The number of rotatable bonds is 3. The molecule has 0 saturated carbocycles. The zero-order valence-electron chi connectivity index (χ0n) is 11.2. The van der Waals surface area contributed by atoms with Crippen molar-refractivity contribution in [3.63, 3.8) is 0 Å². The average molecular weight is 280 g/mol. The van der Waals surface area contributed by atoms with Gasteiger partial charge in [0.1, 0.15) is 11.6 Å². The molecule has 0 atom stereocenters. The molecular formula is C14H17FN2OS. The molecule has 3 nitrogen and oxygen atoms in total. The van der Waals surface area contributed by atoms with Crippen molar-refractivity contribution in [2.45, 2.75) is 36.8 Å². The van der Waals surface area contributed by atoms with Gasteiger partial charge in [-0.1, -0.05) is 20.8 Å². The van der Waals surface area contributed by atoms with E-state index in [1.165, 1.54) is 17.8 Å². The predicted molar refractivity (Wildman–Crippen MR) is 75.6 cm³/mol. The van der Waals surface area contributed by atoms with Crippen molar-refractivity contribution in [3.05, 3.63) is 41.9 Å². The summed E-state index contributed by atoms with van der Waals surface area (Å²) in [6.45, 7) is 6.18. The van der Waals surface area contributed by atoms with Crippen LogP contribution in [-0.2, 0) is 11.2 Å². The number of nitrogens with two attached hydrogens (primary N) is 1. The molecule has 1 aromatic heterocycles. The number of aromatic nitrogens is 1. The molecule has 2 N–H and O–H groups in total. The molecule has 0 amide bonds. The van der Waals surface area contributed by atoms with Crippen LogP contribution in [-0.4, -0.2) is 4.98 Å². The van der Waals surface area contributed by atoms with Gasteiger partial charge in [0.05, 0.1) is 11.9 Å². The van der Waals surface area contributed by atoms with Gasteiger partial charge in [-0.15, -0.1) is 11.8 Å². The van der Waals surface area contributed by atoms with Gasteiger partial charge < -0.3 is 10.2 Å². The van der Waals surface area contributed by atoms with Crippen molar-refractivity contribution in [2.24, 2.45) is 0 Å². The Hall–Kier alpha value is -1.49. The molecule has 102 valence electrons. The van der Waals surface area contributed by atoms with E-state index in [9.17, 15) is 4.39 Å². The highest BCUT2D eigenvalue weighted by atomic mass is 32.2. The van der Waals surface area contributed by atoms with E-state index in [-0.39, 0.29) is 11.2 Å². The number of nitrogen functional groups attached to an aromatic ring is 1. The van der Waals surface area contributed by atoms with Crippen LogP contribution in [0.2, 0.25) is 0 Å². The molecule has 0 saturated heterocycles. The third-order valence-corrected chi connectivity index (χ3v) is 3.63. The number of hydrogen-bond acceptors (Lipinski definition) is 4. The van der Waals surface area contributed by atoms with Gasteiger partial charge in [0.15, 0.2) is 0 Å². The molecule has 0 spiro atoms. The van der Waals surface area contributed by atoms with E-state index in [1.807, 2.05) is 0 Å². The maximum absolute atomic E-state index is 13.6. The second kappa shape index (κ2) is 5.25. The Balaban J connectivity index is 2.04. The van der Waals surface area contributed by atoms with Crippen molar-refractivity contribution < 1.29 is 8.81 Å². The van der Waals surface area contributed by atoms with Crippen LogP contribution in [0.1, 0.15) is 32.4 Å². The molecule has 1 aromatic carbocycles. The van der Waals surface area contributed by atoms with Crippen LogP contribution in [0.5, 0.6) is 0 Å². The molecule has 2 aromatic rings. The summed E-state index contributed by atoms with van der Waals surface area (Å²) in [6, 6.07) is 4.67. The van der Waals surface area contributed by atoms with Gasteiger partial charge in [0.2, 0.25) is 5.89 Å². The van der Waals surface area contributed by atoms with Crippen molar-refractivity contribution in [3.8, 4) is 0 Å². The minimum absolute atomic E-state index is 0.0671. The van der Waals surface area contributed by atoms with Crippen LogP contribution < -0.4 is 5.73 Å². The van der Waals surface area contributed by atoms with Gasteiger partial charge >= 0.3 is 0 Å². The predicted octanol–water partition coefficient (Wildman–Crippen LogP) is 3.99.